The van der Waals surface area contributed by atoms with Gasteiger partial charge < -0.3 is 10.4 Å². The average molecular weight is 292 g/mol. The van der Waals surface area contributed by atoms with E-state index in [0.29, 0.717) is 25.8 Å². The van der Waals surface area contributed by atoms with Gasteiger partial charge in [-0.2, -0.15) is 0 Å². The van der Waals surface area contributed by atoms with Gasteiger partial charge in [0.05, 0.1) is 12.2 Å². The van der Waals surface area contributed by atoms with E-state index in [1.807, 2.05) is 0 Å². The van der Waals surface area contributed by atoms with E-state index in [4.69, 9.17) is 5.11 Å². The number of carbonyl (C=O) groups is 2. The maximum Gasteiger partial charge on any atom is 0.306 e. The lowest BCUT2D eigenvalue weighted by molar-refractivity contribution is -0.142. The fourth-order valence-corrected chi connectivity index (χ4v) is 2.93. The Morgan fingerprint density at radius 2 is 2.05 bits per heavy atom. The number of aliphatic carboxylic acids is 1. The van der Waals surface area contributed by atoms with Gasteiger partial charge in [-0.1, -0.05) is 0 Å². The number of carboxylic acid groups (broad SMARTS) is 1. The first-order valence-corrected chi connectivity index (χ1v) is 8.10. The number of carboxylic acids is 1. The maximum atomic E-state index is 11.5. The Hall–Kier alpha value is -1.15. The van der Waals surface area contributed by atoms with Crippen molar-refractivity contribution in [1.29, 1.82) is 0 Å². The molecule has 7 nitrogen and oxygen atoms in total. The van der Waals surface area contributed by atoms with Gasteiger partial charge in [0.25, 0.3) is 0 Å². The lowest BCUT2D eigenvalue weighted by atomic mass is 9.99. The Labute approximate surface area is 113 Å². The Bertz CT molecular complexity index is 434. The predicted octanol–water partition coefficient (Wildman–Crippen LogP) is -0.361. The summed E-state index contributed by atoms with van der Waals surface area (Å²) < 4.78 is 24.3. The summed E-state index contributed by atoms with van der Waals surface area (Å²) in [6, 6.07) is 0. The molecule has 1 rings (SSSR count). The minimum absolute atomic E-state index is 0.102. The summed E-state index contributed by atoms with van der Waals surface area (Å²) in [6.45, 7) is 0.715. The van der Waals surface area contributed by atoms with Gasteiger partial charge in [-0.15, -0.1) is 0 Å². The van der Waals surface area contributed by atoms with Crippen LogP contribution >= 0.6 is 0 Å². The Morgan fingerprint density at radius 3 is 2.63 bits per heavy atom. The number of nitrogens with one attached hydrogen (secondary N) is 1. The molecular formula is C11H20N2O5S. The monoisotopic (exact) mass is 292 g/mol. The van der Waals surface area contributed by atoms with E-state index in [9.17, 15) is 18.0 Å². The van der Waals surface area contributed by atoms with Crippen LogP contribution in [0.25, 0.3) is 0 Å². The van der Waals surface area contributed by atoms with Gasteiger partial charge in [0.1, 0.15) is 0 Å². The molecule has 0 spiro atoms. The van der Waals surface area contributed by atoms with Crippen LogP contribution in [0.2, 0.25) is 0 Å². The Kier molecular flexibility index (Phi) is 5.74. The van der Waals surface area contributed by atoms with Gasteiger partial charge in [0, 0.05) is 26.1 Å². The van der Waals surface area contributed by atoms with Gasteiger partial charge in [-0.25, -0.2) is 12.7 Å². The van der Waals surface area contributed by atoms with Crippen molar-refractivity contribution in [3.8, 4) is 0 Å². The van der Waals surface area contributed by atoms with Crippen LogP contribution in [0.1, 0.15) is 25.7 Å². The third-order valence-electron chi connectivity index (χ3n) is 3.18. The minimum Gasteiger partial charge on any atom is -0.481 e. The highest BCUT2D eigenvalue weighted by atomic mass is 32.2. The third kappa shape index (κ3) is 5.56. The molecule has 0 bridgehead atoms. The molecule has 1 aliphatic rings. The van der Waals surface area contributed by atoms with E-state index in [1.165, 1.54) is 4.31 Å². The lowest BCUT2D eigenvalue weighted by Crippen LogP contribution is -2.35. The SMILES string of the molecule is CS(=O)(=O)N1CCCC(C(=O)O)CCNC(=O)CC1. The highest BCUT2D eigenvalue weighted by Gasteiger charge is 2.22. The first-order valence-electron chi connectivity index (χ1n) is 6.25. The molecule has 8 heteroatoms. The van der Waals surface area contributed by atoms with Crippen LogP contribution < -0.4 is 5.32 Å². The van der Waals surface area contributed by atoms with Gasteiger partial charge in [0.15, 0.2) is 0 Å². The second-order valence-electron chi connectivity index (χ2n) is 4.73. The first-order chi connectivity index (χ1) is 8.80. The predicted molar refractivity (Wildman–Crippen MR) is 69.0 cm³/mol. The molecule has 0 radical (unpaired) electrons. The standard InChI is InChI=1S/C11H20N2O5S/c1-19(17,18)13-7-2-3-9(11(15)16)4-6-12-10(14)5-8-13/h9H,2-8H2,1H3,(H,12,14)(H,15,16). The number of hydrogen-bond acceptors (Lipinski definition) is 4. The van der Waals surface area contributed by atoms with Crippen molar-refractivity contribution in [2.24, 2.45) is 5.92 Å². The van der Waals surface area contributed by atoms with E-state index in [-0.39, 0.29) is 25.4 Å². The molecule has 1 amide bonds. The quantitative estimate of drug-likeness (QED) is 0.723. The molecule has 1 saturated heterocycles. The molecule has 0 aromatic heterocycles. The first kappa shape index (κ1) is 15.9. The fourth-order valence-electron chi connectivity index (χ4n) is 2.05. The molecule has 0 aliphatic carbocycles. The molecule has 0 saturated carbocycles. The maximum absolute atomic E-state index is 11.5. The number of rotatable bonds is 2. The van der Waals surface area contributed by atoms with E-state index in [1.54, 1.807) is 0 Å². The molecule has 1 atom stereocenters. The van der Waals surface area contributed by atoms with Crippen LogP contribution in [0.15, 0.2) is 0 Å². The number of nitrogens with zero attached hydrogens (tertiary/aromatic N) is 1. The average Bonchev–Trinajstić information content (AvgIpc) is 2.32. The summed E-state index contributed by atoms with van der Waals surface area (Å²) in [7, 11) is -3.36. The fraction of sp³-hybridized carbons (Fsp3) is 0.818. The molecule has 1 heterocycles. The van der Waals surface area contributed by atoms with Crippen molar-refractivity contribution < 1.29 is 23.1 Å². The largest absolute Gasteiger partial charge is 0.481 e. The summed E-state index contributed by atoms with van der Waals surface area (Å²) in [6.07, 6.45) is 2.47. The number of amides is 1. The van der Waals surface area contributed by atoms with E-state index >= 15 is 0 Å². The van der Waals surface area contributed by atoms with E-state index in [0.717, 1.165) is 6.26 Å². The molecule has 110 valence electrons. The van der Waals surface area contributed by atoms with Crippen LogP contribution in [0.3, 0.4) is 0 Å². The highest BCUT2D eigenvalue weighted by Crippen LogP contribution is 2.14. The van der Waals surface area contributed by atoms with Crippen molar-refractivity contribution in [2.45, 2.75) is 25.7 Å². The zero-order valence-electron chi connectivity index (χ0n) is 11.0. The van der Waals surface area contributed by atoms with Crippen molar-refractivity contribution in [2.75, 3.05) is 25.9 Å². The topological polar surface area (TPSA) is 104 Å². The van der Waals surface area contributed by atoms with Gasteiger partial charge in [-0.05, 0) is 19.3 Å². The van der Waals surface area contributed by atoms with Gasteiger partial charge in [-0.3, -0.25) is 9.59 Å². The molecule has 19 heavy (non-hydrogen) atoms. The van der Waals surface area contributed by atoms with E-state index in [2.05, 4.69) is 5.32 Å². The lowest BCUT2D eigenvalue weighted by Gasteiger charge is -2.19. The van der Waals surface area contributed by atoms with Crippen molar-refractivity contribution >= 4 is 21.9 Å². The van der Waals surface area contributed by atoms with Crippen LogP contribution in [0.4, 0.5) is 0 Å². The molecule has 0 aromatic carbocycles. The number of sulfonamides is 1. The van der Waals surface area contributed by atoms with Crippen molar-refractivity contribution in [3.05, 3.63) is 0 Å². The molecule has 1 unspecified atom stereocenters. The molecule has 1 fully saturated rings. The summed E-state index contributed by atoms with van der Waals surface area (Å²) in [5.74, 6) is -1.70. The molecular weight excluding hydrogens is 272 g/mol. The number of carbonyl (C=O) groups excluding carboxylic acids is 1. The zero-order valence-corrected chi connectivity index (χ0v) is 11.8. The van der Waals surface area contributed by atoms with Gasteiger partial charge >= 0.3 is 5.97 Å². The zero-order chi connectivity index (χ0) is 14.5. The molecule has 1 aliphatic heterocycles. The third-order valence-corrected chi connectivity index (χ3v) is 4.48. The second-order valence-corrected chi connectivity index (χ2v) is 6.71. The molecule has 2 N–H and O–H groups in total. The second kappa shape index (κ2) is 6.85. The summed E-state index contributed by atoms with van der Waals surface area (Å²) in [5, 5.41) is 11.6. The van der Waals surface area contributed by atoms with Crippen molar-refractivity contribution in [1.82, 2.24) is 9.62 Å². The van der Waals surface area contributed by atoms with Crippen LogP contribution in [-0.2, 0) is 19.6 Å². The Morgan fingerprint density at radius 1 is 1.37 bits per heavy atom. The summed E-state index contributed by atoms with van der Waals surface area (Å²) in [4.78, 5) is 22.5. The summed E-state index contributed by atoms with van der Waals surface area (Å²) in [5.41, 5.74) is 0. The normalized spacial score (nSPS) is 24.3. The molecule has 0 aromatic rings. The smallest absolute Gasteiger partial charge is 0.306 e. The van der Waals surface area contributed by atoms with Crippen LogP contribution in [0.5, 0.6) is 0 Å². The van der Waals surface area contributed by atoms with Crippen LogP contribution in [-0.4, -0.2) is 55.6 Å². The van der Waals surface area contributed by atoms with Gasteiger partial charge in [0.2, 0.25) is 15.9 Å². The number of hydrogen-bond donors (Lipinski definition) is 2. The Balaban J connectivity index is 2.73. The summed E-state index contributed by atoms with van der Waals surface area (Å²) >= 11 is 0. The highest BCUT2D eigenvalue weighted by molar-refractivity contribution is 7.88. The van der Waals surface area contributed by atoms with Crippen molar-refractivity contribution in [3.63, 3.8) is 0 Å². The van der Waals surface area contributed by atoms with E-state index < -0.39 is 21.9 Å². The minimum atomic E-state index is -3.36. The van der Waals surface area contributed by atoms with Crippen LogP contribution in [0, 0.1) is 5.92 Å².